The van der Waals surface area contributed by atoms with E-state index in [1.54, 1.807) is 0 Å². The highest BCUT2D eigenvalue weighted by Gasteiger charge is 2.29. The third-order valence-electron chi connectivity index (χ3n) is 4.08. The minimum absolute atomic E-state index is 0.220. The summed E-state index contributed by atoms with van der Waals surface area (Å²) in [7, 11) is -3.54. The Hall–Kier alpha value is -2.02. The molecule has 1 aliphatic rings. The lowest BCUT2D eigenvalue weighted by atomic mass is 10.2. The number of nitrogens with zero attached hydrogens (tertiary/aromatic N) is 5. The zero-order valence-electron chi connectivity index (χ0n) is 14.1. The maximum absolute atomic E-state index is 12.7. The summed E-state index contributed by atoms with van der Waals surface area (Å²) in [6, 6.07) is 8.02. The highest BCUT2D eigenvalue weighted by atomic mass is 32.2. The summed E-state index contributed by atoms with van der Waals surface area (Å²) in [5.41, 5.74) is 0.445. The predicted molar refractivity (Wildman–Crippen MR) is 96.1 cm³/mol. The molecule has 9 heteroatoms. The van der Waals surface area contributed by atoms with Gasteiger partial charge in [-0.15, -0.1) is 0 Å². The average molecular weight is 377 g/mol. The number of piperazine rings is 1. The Bertz CT molecular complexity index is 876. The molecular weight excluding hydrogens is 358 g/mol. The van der Waals surface area contributed by atoms with Gasteiger partial charge >= 0.3 is 0 Å². The molecule has 1 fully saturated rings. The van der Waals surface area contributed by atoms with Crippen LogP contribution in [-0.4, -0.2) is 48.3 Å². The van der Waals surface area contributed by atoms with Gasteiger partial charge in [-0.2, -0.15) is 13.9 Å². The van der Waals surface area contributed by atoms with Crippen LogP contribution in [0.3, 0.4) is 0 Å². The third kappa shape index (κ3) is 3.66. The molecule has 3 rings (SSSR count). The molecule has 0 N–H and O–H groups in total. The van der Waals surface area contributed by atoms with Gasteiger partial charge in [0.2, 0.25) is 15.2 Å². The molecule has 2 aromatic rings. The second kappa shape index (κ2) is 7.07. The summed E-state index contributed by atoms with van der Waals surface area (Å²) < 4.78 is 31.3. The van der Waals surface area contributed by atoms with Crippen LogP contribution in [0.25, 0.3) is 0 Å². The number of rotatable bonds is 4. The second-order valence-corrected chi connectivity index (χ2v) is 8.79. The zero-order valence-corrected chi connectivity index (χ0v) is 15.7. The van der Waals surface area contributed by atoms with Crippen molar-refractivity contribution in [3.05, 3.63) is 35.7 Å². The number of anilines is 1. The molecule has 0 spiro atoms. The van der Waals surface area contributed by atoms with E-state index in [0.717, 1.165) is 11.0 Å². The smallest absolute Gasteiger partial charge is 0.243 e. The van der Waals surface area contributed by atoms with E-state index in [2.05, 4.69) is 14.3 Å². The molecule has 2 heterocycles. The van der Waals surface area contributed by atoms with Crippen molar-refractivity contribution >= 4 is 26.7 Å². The van der Waals surface area contributed by atoms with E-state index in [1.807, 2.05) is 19.9 Å². The molecule has 0 amide bonds. The molecular formula is C16H19N5O2S2. The van der Waals surface area contributed by atoms with Gasteiger partial charge in [-0.25, -0.2) is 13.4 Å². The van der Waals surface area contributed by atoms with Crippen LogP contribution in [-0.2, 0) is 10.0 Å². The number of benzene rings is 1. The lowest BCUT2D eigenvalue weighted by molar-refractivity contribution is 0.384. The maximum Gasteiger partial charge on any atom is 0.243 e. The van der Waals surface area contributed by atoms with E-state index in [9.17, 15) is 8.42 Å². The van der Waals surface area contributed by atoms with Crippen LogP contribution in [0.15, 0.2) is 29.2 Å². The summed E-state index contributed by atoms with van der Waals surface area (Å²) in [4.78, 5) is 6.83. The first-order valence-electron chi connectivity index (χ1n) is 8.00. The van der Waals surface area contributed by atoms with Crippen LogP contribution >= 0.6 is 11.5 Å². The summed E-state index contributed by atoms with van der Waals surface area (Å²) >= 11 is 1.36. The molecule has 0 atom stereocenters. The molecule has 0 bridgehead atoms. The number of nitriles is 1. The number of sulfonamides is 1. The van der Waals surface area contributed by atoms with E-state index < -0.39 is 10.0 Å². The largest absolute Gasteiger partial charge is 0.344 e. The molecule has 0 saturated carbocycles. The third-order valence-corrected chi connectivity index (χ3v) is 6.78. The molecule has 132 valence electrons. The Balaban J connectivity index is 1.69. The van der Waals surface area contributed by atoms with Crippen LogP contribution in [0.1, 0.15) is 31.2 Å². The van der Waals surface area contributed by atoms with Gasteiger partial charge in [-0.3, -0.25) is 0 Å². The fourth-order valence-corrected chi connectivity index (χ4v) is 4.84. The summed E-state index contributed by atoms with van der Waals surface area (Å²) in [5, 5.41) is 9.67. The summed E-state index contributed by atoms with van der Waals surface area (Å²) in [6.45, 7) is 6.07. The van der Waals surface area contributed by atoms with Crippen LogP contribution < -0.4 is 4.90 Å². The SMILES string of the molecule is CC(C)c1nsc(N2CCN(S(=O)(=O)c3ccc(C#N)cc3)CC2)n1. The fourth-order valence-electron chi connectivity index (χ4n) is 2.56. The predicted octanol–water partition coefficient (Wildman–Crippen LogP) is 2.04. The van der Waals surface area contributed by atoms with Gasteiger partial charge in [0.25, 0.3) is 0 Å². The average Bonchev–Trinajstić information content (AvgIpc) is 3.12. The number of hydrogen-bond donors (Lipinski definition) is 0. The molecule has 7 nitrogen and oxygen atoms in total. The maximum atomic E-state index is 12.7. The van der Waals surface area contributed by atoms with E-state index in [1.165, 1.54) is 40.1 Å². The lowest BCUT2D eigenvalue weighted by Crippen LogP contribution is -2.48. The van der Waals surface area contributed by atoms with Gasteiger partial charge < -0.3 is 4.90 Å². The first kappa shape index (κ1) is 17.8. The van der Waals surface area contributed by atoms with Crippen molar-refractivity contribution in [1.29, 1.82) is 5.26 Å². The minimum atomic E-state index is -3.54. The molecule has 1 aromatic heterocycles. The van der Waals surface area contributed by atoms with E-state index in [0.29, 0.717) is 31.7 Å². The minimum Gasteiger partial charge on any atom is -0.344 e. The Morgan fingerprint density at radius 2 is 1.80 bits per heavy atom. The molecule has 0 radical (unpaired) electrons. The van der Waals surface area contributed by atoms with Crippen molar-refractivity contribution in [3.63, 3.8) is 0 Å². The van der Waals surface area contributed by atoms with Crippen molar-refractivity contribution in [1.82, 2.24) is 13.7 Å². The van der Waals surface area contributed by atoms with Crippen LogP contribution in [0.2, 0.25) is 0 Å². The first-order valence-corrected chi connectivity index (χ1v) is 10.2. The van der Waals surface area contributed by atoms with Crippen molar-refractivity contribution in [2.24, 2.45) is 0 Å². The van der Waals surface area contributed by atoms with Crippen LogP contribution in [0.5, 0.6) is 0 Å². The Labute approximate surface area is 151 Å². The van der Waals surface area contributed by atoms with E-state index in [4.69, 9.17) is 5.26 Å². The standard InChI is InChI=1S/C16H19N5O2S2/c1-12(2)15-18-16(24-19-15)20-7-9-21(10-8-20)25(22,23)14-5-3-13(11-17)4-6-14/h3-6,12H,7-10H2,1-2H3. The second-order valence-electron chi connectivity index (χ2n) is 6.12. The molecule has 1 saturated heterocycles. The van der Waals surface area contributed by atoms with Crippen LogP contribution in [0.4, 0.5) is 5.13 Å². The summed E-state index contributed by atoms with van der Waals surface area (Å²) in [6.07, 6.45) is 0. The highest BCUT2D eigenvalue weighted by Crippen LogP contribution is 2.24. The van der Waals surface area contributed by atoms with E-state index >= 15 is 0 Å². The molecule has 0 aliphatic carbocycles. The van der Waals surface area contributed by atoms with Crippen molar-refractivity contribution in [3.8, 4) is 6.07 Å². The van der Waals surface area contributed by atoms with E-state index in [-0.39, 0.29) is 10.8 Å². The van der Waals surface area contributed by atoms with Gasteiger partial charge in [-0.1, -0.05) is 13.8 Å². The Kier molecular flexibility index (Phi) is 5.03. The molecule has 25 heavy (non-hydrogen) atoms. The van der Waals surface area contributed by atoms with Gasteiger partial charge in [0.1, 0.15) is 5.82 Å². The van der Waals surface area contributed by atoms with Gasteiger partial charge in [0.05, 0.1) is 16.5 Å². The topological polar surface area (TPSA) is 90.2 Å². The van der Waals surface area contributed by atoms with Gasteiger partial charge in [0, 0.05) is 43.6 Å². The quantitative estimate of drug-likeness (QED) is 0.810. The van der Waals surface area contributed by atoms with Gasteiger partial charge in [-0.05, 0) is 24.3 Å². The lowest BCUT2D eigenvalue weighted by Gasteiger charge is -2.33. The van der Waals surface area contributed by atoms with Gasteiger partial charge in [0.15, 0.2) is 0 Å². The molecule has 1 aliphatic heterocycles. The monoisotopic (exact) mass is 377 g/mol. The zero-order chi connectivity index (χ0) is 18.0. The Morgan fingerprint density at radius 1 is 1.16 bits per heavy atom. The number of aromatic nitrogens is 2. The normalized spacial score (nSPS) is 16.2. The van der Waals surface area contributed by atoms with Crippen LogP contribution in [0, 0.1) is 11.3 Å². The highest BCUT2D eigenvalue weighted by molar-refractivity contribution is 7.89. The fraction of sp³-hybridized carbons (Fsp3) is 0.438. The molecule has 1 aromatic carbocycles. The van der Waals surface area contributed by atoms with Crippen molar-refractivity contribution in [2.45, 2.75) is 24.7 Å². The summed E-state index contributed by atoms with van der Waals surface area (Å²) in [5.74, 6) is 1.11. The molecule has 0 unspecified atom stereocenters. The first-order chi connectivity index (χ1) is 11.9. The van der Waals surface area contributed by atoms with Crippen molar-refractivity contribution in [2.75, 3.05) is 31.1 Å². The number of hydrogen-bond acceptors (Lipinski definition) is 7. The Morgan fingerprint density at radius 3 is 2.32 bits per heavy atom. The van der Waals surface area contributed by atoms with Crippen molar-refractivity contribution < 1.29 is 8.42 Å².